The van der Waals surface area contributed by atoms with E-state index in [1.807, 2.05) is 6.92 Å². The molecule has 26 heavy (non-hydrogen) atoms. The van der Waals surface area contributed by atoms with Crippen LogP contribution in [0, 0.1) is 6.92 Å². The zero-order valence-corrected chi connectivity index (χ0v) is 14.7. The number of ether oxygens (including phenoxy) is 1. The molecule has 0 heterocycles. The van der Waals surface area contributed by atoms with E-state index < -0.39 is 41.1 Å². The number of rotatable bonds is 7. The van der Waals surface area contributed by atoms with E-state index in [0.29, 0.717) is 0 Å². The summed E-state index contributed by atoms with van der Waals surface area (Å²) in [6, 6.07) is 9.79. The van der Waals surface area contributed by atoms with Crippen molar-refractivity contribution in [3.63, 3.8) is 0 Å². The molecule has 0 aliphatic heterocycles. The lowest BCUT2D eigenvalue weighted by molar-refractivity contribution is 0.00913. The van der Waals surface area contributed by atoms with Crippen molar-refractivity contribution in [2.45, 2.75) is 17.9 Å². The summed E-state index contributed by atoms with van der Waals surface area (Å²) in [5, 5.41) is 27.8. The minimum Gasteiger partial charge on any atom is -0.507 e. The normalized spacial score (nSPS) is 12.4. The number of benzene rings is 2. The predicted octanol–water partition coefficient (Wildman–Crippen LogP) is 1.01. The van der Waals surface area contributed by atoms with Crippen molar-refractivity contribution >= 4 is 21.7 Å². The Morgan fingerprint density at radius 1 is 1.19 bits per heavy atom. The number of esters is 1. The molecule has 2 aromatic rings. The second-order valence-corrected chi connectivity index (χ2v) is 7.27. The SMILES string of the molecule is Cc1ccc(S(=O)(=O)Nc2ccc(C(=O)OCC(O)CO)c(O)c2)cc1. The van der Waals surface area contributed by atoms with Crippen molar-refractivity contribution in [1.29, 1.82) is 0 Å². The fourth-order valence-electron chi connectivity index (χ4n) is 2.00. The van der Waals surface area contributed by atoms with Crippen LogP contribution in [0.15, 0.2) is 47.4 Å². The van der Waals surface area contributed by atoms with Gasteiger partial charge in [-0.2, -0.15) is 0 Å². The van der Waals surface area contributed by atoms with Gasteiger partial charge in [0.1, 0.15) is 24.0 Å². The standard InChI is InChI=1S/C17H19NO7S/c1-11-2-5-14(6-3-11)26(23,24)18-12-4-7-15(16(21)8-12)17(22)25-10-13(20)9-19/h2-8,13,18-21H,9-10H2,1H3. The highest BCUT2D eigenvalue weighted by atomic mass is 32.2. The molecule has 1 unspecified atom stereocenters. The quantitative estimate of drug-likeness (QED) is 0.526. The number of aryl methyl sites for hydroxylation is 1. The number of nitrogens with one attached hydrogen (secondary N) is 1. The Labute approximate surface area is 150 Å². The second kappa shape index (κ2) is 8.17. The molecule has 2 aromatic carbocycles. The van der Waals surface area contributed by atoms with Gasteiger partial charge in [0, 0.05) is 6.07 Å². The van der Waals surface area contributed by atoms with Crippen molar-refractivity contribution in [3.8, 4) is 5.75 Å². The van der Waals surface area contributed by atoms with Crippen LogP contribution in [0.1, 0.15) is 15.9 Å². The first-order chi connectivity index (χ1) is 12.2. The molecule has 0 amide bonds. The molecule has 0 fully saturated rings. The van der Waals surface area contributed by atoms with Gasteiger partial charge in [-0.05, 0) is 31.2 Å². The minimum absolute atomic E-state index is 0.0593. The largest absolute Gasteiger partial charge is 0.507 e. The summed E-state index contributed by atoms with van der Waals surface area (Å²) in [6.07, 6.45) is -1.22. The summed E-state index contributed by atoms with van der Waals surface area (Å²) in [7, 11) is -3.84. The highest BCUT2D eigenvalue weighted by molar-refractivity contribution is 7.92. The average Bonchev–Trinajstić information content (AvgIpc) is 2.59. The van der Waals surface area contributed by atoms with E-state index >= 15 is 0 Å². The maximum absolute atomic E-state index is 12.3. The molecule has 0 aliphatic carbocycles. The predicted molar refractivity (Wildman–Crippen MR) is 93.5 cm³/mol. The summed E-state index contributed by atoms with van der Waals surface area (Å²) in [5.41, 5.74) is 0.777. The summed E-state index contributed by atoms with van der Waals surface area (Å²) < 4.78 is 31.7. The molecule has 0 radical (unpaired) electrons. The van der Waals surface area contributed by atoms with Gasteiger partial charge in [0.2, 0.25) is 0 Å². The van der Waals surface area contributed by atoms with Crippen molar-refractivity contribution in [2.75, 3.05) is 17.9 Å². The first-order valence-electron chi connectivity index (χ1n) is 7.61. The van der Waals surface area contributed by atoms with E-state index in [2.05, 4.69) is 4.72 Å². The highest BCUT2D eigenvalue weighted by Crippen LogP contribution is 2.25. The van der Waals surface area contributed by atoms with Crippen LogP contribution in [0.2, 0.25) is 0 Å². The van der Waals surface area contributed by atoms with E-state index in [9.17, 15) is 18.3 Å². The van der Waals surface area contributed by atoms with Crippen LogP contribution < -0.4 is 4.72 Å². The number of aliphatic hydroxyl groups is 2. The van der Waals surface area contributed by atoms with Crippen molar-refractivity contribution < 1.29 is 33.3 Å². The number of phenolic OH excluding ortho intramolecular Hbond substituents is 1. The number of aromatic hydroxyl groups is 1. The van der Waals surface area contributed by atoms with E-state index in [4.69, 9.17) is 14.9 Å². The first-order valence-corrected chi connectivity index (χ1v) is 9.10. The summed E-state index contributed by atoms with van der Waals surface area (Å²) in [4.78, 5) is 11.9. The Kier molecular flexibility index (Phi) is 6.19. The van der Waals surface area contributed by atoms with Crippen LogP contribution in [-0.4, -0.2) is 49.0 Å². The first kappa shape index (κ1) is 19.7. The van der Waals surface area contributed by atoms with Crippen LogP contribution in [0.3, 0.4) is 0 Å². The Balaban J connectivity index is 2.14. The molecular weight excluding hydrogens is 362 g/mol. The zero-order chi connectivity index (χ0) is 19.3. The fraction of sp³-hybridized carbons (Fsp3) is 0.235. The number of aliphatic hydroxyl groups excluding tert-OH is 2. The number of carbonyl (C=O) groups excluding carboxylic acids is 1. The molecule has 4 N–H and O–H groups in total. The van der Waals surface area contributed by atoms with Crippen molar-refractivity contribution in [2.24, 2.45) is 0 Å². The molecule has 0 saturated heterocycles. The van der Waals surface area contributed by atoms with Gasteiger partial charge >= 0.3 is 5.97 Å². The molecule has 0 bridgehead atoms. The summed E-state index contributed by atoms with van der Waals surface area (Å²) in [6.45, 7) is 0.828. The van der Waals surface area contributed by atoms with Crippen molar-refractivity contribution in [3.05, 3.63) is 53.6 Å². The number of carbonyl (C=O) groups is 1. The Morgan fingerprint density at radius 3 is 2.42 bits per heavy atom. The van der Waals surface area contributed by atoms with Gasteiger partial charge in [-0.25, -0.2) is 13.2 Å². The van der Waals surface area contributed by atoms with E-state index in [1.54, 1.807) is 12.1 Å². The van der Waals surface area contributed by atoms with Crippen LogP contribution in [0.4, 0.5) is 5.69 Å². The topological polar surface area (TPSA) is 133 Å². The molecule has 8 nitrogen and oxygen atoms in total. The fourth-order valence-corrected chi connectivity index (χ4v) is 3.05. The third kappa shape index (κ3) is 4.94. The average molecular weight is 381 g/mol. The smallest absolute Gasteiger partial charge is 0.342 e. The molecule has 2 rings (SSSR count). The number of hydrogen-bond donors (Lipinski definition) is 4. The lowest BCUT2D eigenvalue weighted by atomic mass is 10.2. The van der Waals surface area contributed by atoms with Gasteiger partial charge in [-0.3, -0.25) is 4.72 Å². The summed E-state index contributed by atoms with van der Waals surface area (Å²) in [5.74, 6) is -1.40. The van der Waals surface area contributed by atoms with Crippen LogP contribution in [0.25, 0.3) is 0 Å². The lowest BCUT2D eigenvalue weighted by Gasteiger charge is -2.11. The summed E-state index contributed by atoms with van der Waals surface area (Å²) >= 11 is 0. The minimum atomic E-state index is -3.84. The van der Waals surface area contributed by atoms with Gasteiger partial charge in [0.15, 0.2) is 0 Å². The van der Waals surface area contributed by atoms with Crippen molar-refractivity contribution in [1.82, 2.24) is 0 Å². The molecular formula is C17H19NO7S. The maximum Gasteiger partial charge on any atom is 0.342 e. The number of anilines is 1. The highest BCUT2D eigenvalue weighted by Gasteiger charge is 2.18. The van der Waals surface area contributed by atoms with Crippen LogP contribution >= 0.6 is 0 Å². The van der Waals surface area contributed by atoms with E-state index in [1.165, 1.54) is 24.3 Å². The van der Waals surface area contributed by atoms with Gasteiger partial charge in [0.05, 0.1) is 17.2 Å². The van der Waals surface area contributed by atoms with E-state index in [0.717, 1.165) is 11.6 Å². The number of phenols is 1. The Morgan fingerprint density at radius 2 is 1.85 bits per heavy atom. The number of hydrogen-bond acceptors (Lipinski definition) is 7. The molecule has 0 aromatic heterocycles. The molecule has 140 valence electrons. The Bertz CT molecular complexity index is 878. The van der Waals surface area contributed by atoms with Crippen LogP contribution in [0.5, 0.6) is 5.75 Å². The third-order valence-corrected chi connectivity index (χ3v) is 4.82. The van der Waals surface area contributed by atoms with Gasteiger partial charge in [-0.1, -0.05) is 17.7 Å². The Hall–Kier alpha value is -2.62. The zero-order valence-electron chi connectivity index (χ0n) is 13.9. The van der Waals surface area contributed by atoms with E-state index in [-0.39, 0.29) is 16.1 Å². The van der Waals surface area contributed by atoms with Crippen LogP contribution in [-0.2, 0) is 14.8 Å². The molecule has 0 saturated carbocycles. The van der Waals surface area contributed by atoms with Gasteiger partial charge < -0.3 is 20.1 Å². The molecule has 1 atom stereocenters. The lowest BCUT2D eigenvalue weighted by Crippen LogP contribution is -2.22. The molecule has 0 spiro atoms. The van der Waals surface area contributed by atoms with Gasteiger partial charge in [-0.15, -0.1) is 0 Å². The molecule has 9 heteroatoms. The monoisotopic (exact) mass is 381 g/mol. The molecule has 0 aliphatic rings. The second-order valence-electron chi connectivity index (χ2n) is 5.59. The maximum atomic E-state index is 12.3. The third-order valence-electron chi connectivity index (χ3n) is 3.42. The number of sulfonamides is 1. The van der Waals surface area contributed by atoms with Gasteiger partial charge in [0.25, 0.3) is 10.0 Å².